The zero-order valence-corrected chi connectivity index (χ0v) is 33.4. The van der Waals surface area contributed by atoms with E-state index in [1.807, 2.05) is 30.3 Å². The molecule has 15 N–H and O–H groups in total. The van der Waals surface area contributed by atoms with Gasteiger partial charge in [-0.2, -0.15) is 0 Å². The molecule has 58 heavy (non-hydrogen) atoms. The molecule has 1 heterocycles. The van der Waals surface area contributed by atoms with Gasteiger partial charge in [-0.3, -0.25) is 43.5 Å². The Morgan fingerprint density at radius 2 is 1.33 bits per heavy atom. The lowest BCUT2D eigenvalue weighted by atomic mass is 9.99. The highest BCUT2D eigenvalue weighted by Gasteiger charge is 2.33. The lowest BCUT2D eigenvalue weighted by Crippen LogP contribution is -2.60. The molecular formula is C37H58N14O7. The van der Waals surface area contributed by atoms with Crippen LogP contribution in [-0.2, 0) is 46.4 Å². The fourth-order valence-corrected chi connectivity index (χ4v) is 5.48. The fraction of sp³-hybridized carbons (Fsp3) is 0.514. The molecular weight excluding hydrogens is 752 g/mol. The zero-order chi connectivity index (χ0) is 43.2. The third-order valence-corrected chi connectivity index (χ3v) is 8.68. The third-order valence-electron chi connectivity index (χ3n) is 8.68. The van der Waals surface area contributed by atoms with Crippen LogP contribution in [0.4, 0.5) is 0 Å². The van der Waals surface area contributed by atoms with E-state index in [-0.39, 0.29) is 63.7 Å². The average molecular weight is 811 g/mol. The number of nitrogens with two attached hydrogens (primary N) is 4. The number of hydrazine groups is 1. The first-order valence-corrected chi connectivity index (χ1v) is 18.9. The van der Waals surface area contributed by atoms with Crippen molar-refractivity contribution >= 4 is 52.9 Å². The molecule has 0 fully saturated rings. The van der Waals surface area contributed by atoms with E-state index in [1.54, 1.807) is 13.8 Å². The highest BCUT2D eigenvalue weighted by atomic mass is 16.2. The van der Waals surface area contributed by atoms with Crippen molar-refractivity contribution in [1.29, 1.82) is 0 Å². The number of hydrogen-bond donors (Lipinski definition) is 11. The van der Waals surface area contributed by atoms with E-state index < -0.39 is 77.1 Å². The molecule has 0 spiro atoms. The highest BCUT2D eigenvalue weighted by molar-refractivity contribution is 6.38. The smallest absolute Gasteiger partial charge is 0.289 e. The number of aliphatic imine (C=N–C) groups is 2. The molecule has 0 saturated heterocycles. The lowest BCUT2D eigenvalue weighted by molar-refractivity contribution is -0.139. The Morgan fingerprint density at radius 3 is 1.88 bits per heavy atom. The highest BCUT2D eigenvalue weighted by Crippen LogP contribution is 2.09. The second-order valence-corrected chi connectivity index (χ2v) is 13.9. The van der Waals surface area contributed by atoms with Gasteiger partial charge < -0.3 is 49.2 Å². The third kappa shape index (κ3) is 17.7. The van der Waals surface area contributed by atoms with Crippen LogP contribution < -0.4 is 55.1 Å². The largest absolute Gasteiger partial charge is 0.370 e. The van der Waals surface area contributed by atoms with Gasteiger partial charge in [0.2, 0.25) is 29.3 Å². The summed E-state index contributed by atoms with van der Waals surface area (Å²) in [7, 11) is 0. The molecule has 0 radical (unpaired) electrons. The summed E-state index contributed by atoms with van der Waals surface area (Å²) in [5, 5.41) is 10.6. The number of carbonyl (C=O) groups is 7. The number of hydrogen-bond acceptors (Lipinski definition) is 12. The number of ketones is 3. The minimum absolute atomic E-state index is 0.0110. The van der Waals surface area contributed by atoms with Crippen LogP contribution >= 0.6 is 0 Å². The molecule has 0 bridgehead atoms. The van der Waals surface area contributed by atoms with E-state index in [2.05, 4.69) is 52.1 Å². The predicted molar refractivity (Wildman–Crippen MR) is 216 cm³/mol. The number of guanidine groups is 2. The van der Waals surface area contributed by atoms with Gasteiger partial charge >= 0.3 is 0 Å². The van der Waals surface area contributed by atoms with Gasteiger partial charge in [0.25, 0.3) is 5.91 Å². The SMILES string of the molecule is CC(=O)C(=O)[C@H](CCCN=C(N)N)NC(=O)[C@@H](NC(=O)[C@H](CCCN=C(N)N)NC(=O)[C@H](Cc1cnc[nH]1)NN[C@@H](C)C(=O)C(=O)NCCc1ccccc1)C(C)C. The van der Waals surface area contributed by atoms with Crippen molar-refractivity contribution in [3.8, 4) is 0 Å². The van der Waals surface area contributed by atoms with E-state index in [0.29, 0.717) is 12.1 Å². The maximum absolute atomic E-state index is 13.9. The Bertz CT molecular complexity index is 1730. The van der Waals surface area contributed by atoms with Gasteiger partial charge in [0.05, 0.1) is 18.4 Å². The van der Waals surface area contributed by atoms with Gasteiger partial charge in [0.1, 0.15) is 18.1 Å². The summed E-state index contributed by atoms with van der Waals surface area (Å²) in [5.74, 6) is -6.18. The molecule has 21 nitrogen and oxygen atoms in total. The van der Waals surface area contributed by atoms with Crippen LogP contribution in [0.1, 0.15) is 64.6 Å². The Morgan fingerprint density at radius 1 is 0.741 bits per heavy atom. The van der Waals surface area contributed by atoms with Crippen molar-refractivity contribution in [2.75, 3.05) is 19.6 Å². The summed E-state index contributed by atoms with van der Waals surface area (Å²) < 4.78 is 0. The second-order valence-electron chi connectivity index (χ2n) is 13.9. The number of carbonyl (C=O) groups excluding carboxylic acids is 7. The molecule has 1 aromatic heterocycles. The second kappa shape index (κ2) is 25.1. The topological polar surface area (TPSA) is 349 Å². The number of benzene rings is 1. The average Bonchev–Trinajstić information content (AvgIpc) is 3.70. The van der Waals surface area contributed by atoms with Crippen LogP contribution in [0.25, 0.3) is 0 Å². The molecule has 4 amide bonds. The van der Waals surface area contributed by atoms with Crippen LogP contribution in [-0.4, -0.2) is 113 Å². The molecule has 1 aromatic carbocycles. The van der Waals surface area contributed by atoms with Crippen LogP contribution in [0.3, 0.4) is 0 Å². The minimum atomic E-state index is -1.23. The molecule has 2 rings (SSSR count). The normalized spacial score (nSPS) is 13.5. The maximum Gasteiger partial charge on any atom is 0.289 e. The quantitative estimate of drug-likeness (QED) is 0.0142. The van der Waals surface area contributed by atoms with E-state index in [0.717, 1.165) is 12.5 Å². The van der Waals surface area contributed by atoms with Gasteiger partial charge in [-0.15, -0.1) is 0 Å². The lowest BCUT2D eigenvalue weighted by Gasteiger charge is -2.28. The Labute approximate surface area is 337 Å². The molecule has 0 aliphatic rings. The van der Waals surface area contributed by atoms with Crippen LogP contribution in [0, 0.1) is 5.92 Å². The first kappa shape index (κ1) is 47.9. The Hall–Kier alpha value is -6.22. The van der Waals surface area contributed by atoms with E-state index >= 15 is 0 Å². The maximum atomic E-state index is 13.9. The first-order valence-electron chi connectivity index (χ1n) is 18.9. The van der Waals surface area contributed by atoms with E-state index in [4.69, 9.17) is 22.9 Å². The Balaban J connectivity index is 2.22. The molecule has 5 atom stereocenters. The molecule has 2 aromatic rings. The van der Waals surface area contributed by atoms with Crippen molar-refractivity contribution < 1.29 is 33.6 Å². The van der Waals surface area contributed by atoms with Crippen LogP contribution in [0.5, 0.6) is 0 Å². The minimum Gasteiger partial charge on any atom is -0.370 e. The summed E-state index contributed by atoms with van der Waals surface area (Å²) >= 11 is 0. The number of amides is 4. The summed E-state index contributed by atoms with van der Waals surface area (Å²) in [6, 6.07) is 3.62. The van der Waals surface area contributed by atoms with Crippen molar-refractivity contribution in [2.45, 2.75) is 96.4 Å². The Kier molecular flexibility index (Phi) is 20.8. The number of aromatic amines is 1. The molecule has 0 saturated carbocycles. The van der Waals surface area contributed by atoms with Gasteiger partial charge in [0, 0.05) is 44.9 Å². The van der Waals surface area contributed by atoms with Gasteiger partial charge in [-0.25, -0.2) is 15.8 Å². The van der Waals surface area contributed by atoms with Crippen LogP contribution in [0.15, 0.2) is 52.8 Å². The van der Waals surface area contributed by atoms with Crippen molar-refractivity contribution in [3.05, 3.63) is 54.1 Å². The summed E-state index contributed by atoms with van der Waals surface area (Å²) in [4.78, 5) is 106. The van der Waals surface area contributed by atoms with Crippen molar-refractivity contribution in [2.24, 2.45) is 38.8 Å². The molecule has 0 unspecified atom stereocenters. The zero-order valence-electron chi connectivity index (χ0n) is 33.4. The molecule has 0 aliphatic carbocycles. The summed E-state index contributed by atoms with van der Waals surface area (Å²) in [6.07, 6.45) is 4.02. The predicted octanol–water partition coefficient (Wildman–Crippen LogP) is -2.89. The number of Topliss-reactive ketones (excluding diaryl/α,β-unsaturated/α-hetero) is 3. The monoisotopic (exact) mass is 810 g/mol. The molecule has 318 valence electrons. The number of imidazole rings is 1. The summed E-state index contributed by atoms with van der Waals surface area (Å²) in [5.41, 5.74) is 28.7. The number of rotatable bonds is 27. The van der Waals surface area contributed by atoms with E-state index in [9.17, 15) is 33.6 Å². The van der Waals surface area contributed by atoms with Crippen LogP contribution in [0.2, 0.25) is 0 Å². The van der Waals surface area contributed by atoms with Crippen molar-refractivity contribution in [1.82, 2.24) is 42.1 Å². The van der Waals surface area contributed by atoms with Gasteiger partial charge in [-0.1, -0.05) is 44.2 Å². The number of H-pyrrole nitrogens is 1. The molecule has 0 aliphatic heterocycles. The van der Waals surface area contributed by atoms with Gasteiger partial charge in [-0.05, 0) is 50.5 Å². The van der Waals surface area contributed by atoms with Gasteiger partial charge in [0.15, 0.2) is 17.7 Å². The van der Waals surface area contributed by atoms with Crippen molar-refractivity contribution in [3.63, 3.8) is 0 Å². The summed E-state index contributed by atoms with van der Waals surface area (Å²) in [6.45, 7) is 6.38. The standard InChI is InChI=1S/C37H58N14O7/c1-21(2)29(34(57)47-26(31(54)23(4)52)12-8-15-44-36(38)39)49-32(55)27(13-9-16-45-37(40)41)48-33(56)28(18-25-19-42-20-46-25)51-50-22(3)30(53)35(58)43-17-14-24-10-6-5-7-11-24/h5-7,10-11,19-22,26-29,50-51H,8-9,12-18H2,1-4H3,(H,42,46)(H,43,58)(H,47,57)(H,48,56)(H,49,55)(H4,38,39,44)(H4,40,41,45)/t22-,26-,27-,28-,29-/m0/s1. The van der Waals surface area contributed by atoms with E-state index in [1.165, 1.54) is 19.4 Å². The first-order chi connectivity index (χ1) is 27.5. The number of nitrogens with one attached hydrogen (secondary N) is 7. The molecule has 21 heteroatoms. The number of nitrogens with zero attached hydrogens (tertiary/aromatic N) is 3. The fourth-order valence-electron chi connectivity index (χ4n) is 5.48. The number of aromatic nitrogens is 2.